The van der Waals surface area contributed by atoms with Crippen molar-refractivity contribution in [1.82, 2.24) is 18.3 Å². The maximum Gasteiger partial charge on any atom is 0.252 e. The summed E-state index contributed by atoms with van der Waals surface area (Å²) in [6.07, 6.45) is 0. The summed E-state index contributed by atoms with van der Waals surface area (Å²) >= 11 is 0. The van der Waals surface area contributed by atoms with Crippen LogP contribution in [0.2, 0.25) is 0 Å². The smallest absolute Gasteiger partial charge is 0.252 e. The van der Waals surface area contributed by atoms with Gasteiger partial charge in [-0.2, -0.15) is 0 Å². The molecule has 2 aliphatic rings. The van der Waals surface area contributed by atoms with Crippen LogP contribution in [0.3, 0.4) is 0 Å². The van der Waals surface area contributed by atoms with Crippen molar-refractivity contribution in [2.45, 2.75) is 0 Å². The Morgan fingerprint density at radius 1 is 0.250 bits per heavy atom. The largest absolute Gasteiger partial charge is 0.311 e. The normalized spacial score (nSPS) is 12.9. The first-order valence-corrected chi connectivity index (χ1v) is 25.0. The molecule has 332 valence electrons. The first kappa shape index (κ1) is 38.3. The van der Waals surface area contributed by atoms with Gasteiger partial charge in [0.25, 0.3) is 6.71 Å². The molecule has 0 unspecified atom stereocenters. The summed E-state index contributed by atoms with van der Waals surface area (Å²) in [6, 6.07) is 90.2. The van der Waals surface area contributed by atoms with E-state index < -0.39 is 0 Å². The Hall–Kier alpha value is -9.52. The molecule has 0 radical (unpaired) electrons. The fraction of sp³-hybridized carbons (Fsp3) is 0. The van der Waals surface area contributed by atoms with E-state index in [0.29, 0.717) is 0 Å². The lowest BCUT2D eigenvalue weighted by Gasteiger charge is -2.40. The van der Waals surface area contributed by atoms with E-state index in [1.54, 1.807) is 0 Å². The van der Waals surface area contributed by atoms with Gasteiger partial charge in [-0.15, -0.1) is 0 Å². The van der Waals surface area contributed by atoms with Gasteiger partial charge in [-0.05, 0) is 107 Å². The summed E-state index contributed by atoms with van der Waals surface area (Å²) in [5.74, 6) is 0. The van der Waals surface area contributed by atoms with Crippen LogP contribution in [-0.4, -0.2) is 25.0 Å². The Bertz CT molecular complexity index is 4740. The van der Waals surface area contributed by atoms with Gasteiger partial charge in [-0.3, -0.25) is 0 Å². The van der Waals surface area contributed by atoms with Crippen LogP contribution in [0.1, 0.15) is 0 Å². The molecule has 0 aliphatic carbocycles. The minimum absolute atomic E-state index is 0.0213. The van der Waals surface area contributed by atoms with Crippen LogP contribution in [0.4, 0.5) is 17.1 Å². The van der Waals surface area contributed by atoms with Crippen molar-refractivity contribution in [1.29, 1.82) is 0 Å². The molecule has 4 aromatic heterocycles. The number of fused-ring (bicyclic) bond motifs is 19. The van der Waals surface area contributed by atoms with E-state index in [1.807, 2.05) is 0 Å². The van der Waals surface area contributed by atoms with E-state index in [2.05, 4.69) is 266 Å². The minimum atomic E-state index is -0.0213. The molecule has 72 heavy (non-hydrogen) atoms. The highest BCUT2D eigenvalue weighted by atomic mass is 15.2. The molecule has 6 heterocycles. The Balaban J connectivity index is 1.07. The summed E-state index contributed by atoms with van der Waals surface area (Å²) in [5, 5.41) is 9.98. The molecule has 17 rings (SSSR count). The molecule has 5 nitrogen and oxygen atoms in total. The zero-order valence-corrected chi connectivity index (χ0v) is 38.9. The van der Waals surface area contributed by atoms with Gasteiger partial charge in [0.15, 0.2) is 0 Å². The lowest BCUT2D eigenvalue weighted by molar-refractivity contribution is 1.16. The first-order valence-electron chi connectivity index (χ1n) is 25.0. The van der Waals surface area contributed by atoms with Crippen LogP contribution in [0, 0.1) is 0 Å². The molecule has 0 amide bonds. The average molecular weight is 914 g/mol. The van der Waals surface area contributed by atoms with Gasteiger partial charge in [-0.1, -0.05) is 152 Å². The Morgan fingerprint density at radius 3 is 1.24 bits per heavy atom. The first-order chi connectivity index (χ1) is 35.8. The Labute approximate surface area is 413 Å². The molecule has 0 N–H and O–H groups in total. The zero-order valence-electron chi connectivity index (χ0n) is 38.9. The Kier molecular flexibility index (Phi) is 7.49. The molecular formula is C66H40BN5. The number of para-hydroxylation sites is 8. The monoisotopic (exact) mass is 913 g/mol. The van der Waals surface area contributed by atoms with Gasteiger partial charge in [0.2, 0.25) is 0 Å². The van der Waals surface area contributed by atoms with Crippen molar-refractivity contribution >= 4 is 127 Å². The third kappa shape index (κ3) is 4.79. The van der Waals surface area contributed by atoms with Crippen LogP contribution in [0.15, 0.2) is 243 Å². The van der Waals surface area contributed by atoms with Gasteiger partial charge in [0.05, 0.1) is 38.6 Å². The number of hydrogen-bond acceptors (Lipinski definition) is 1. The number of benzene rings is 11. The maximum absolute atomic E-state index is 2.61. The van der Waals surface area contributed by atoms with E-state index in [4.69, 9.17) is 0 Å². The van der Waals surface area contributed by atoms with Crippen molar-refractivity contribution in [2.75, 3.05) is 4.90 Å². The zero-order chi connectivity index (χ0) is 46.8. The molecule has 0 atom stereocenters. The molecule has 0 spiro atoms. The van der Waals surface area contributed by atoms with Crippen molar-refractivity contribution < 1.29 is 0 Å². The molecule has 0 saturated heterocycles. The van der Waals surface area contributed by atoms with Gasteiger partial charge < -0.3 is 23.2 Å². The lowest BCUT2D eigenvalue weighted by Crippen LogP contribution is -2.60. The fourth-order valence-corrected chi connectivity index (χ4v) is 13.4. The van der Waals surface area contributed by atoms with Crippen LogP contribution in [-0.2, 0) is 0 Å². The molecular weight excluding hydrogens is 874 g/mol. The van der Waals surface area contributed by atoms with Crippen LogP contribution >= 0.6 is 0 Å². The van der Waals surface area contributed by atoms with Gasteiger partial charge in [-0.25, -0.2) is 0 Å². The van der Waals surface area contributed by atoms with Crippen LogP contribution in [0.25, 0.3) is 110 Å². The second-order valence-electron chi connectivity index (χ2n) is 19.6. The summed E-state index contributed by atoms with van der Waals surface area (Å²) in [4.78, 5) is 2.50. The molecule has 0 bridgehead atoms. The molecule has 15 aromatic rings. The van der Waals surface area contributed by atoms with E-state index >= 15 is 0 Å². The van der Waals surface area contributed by atoms with E-state index in [-0.39, 0.29) is 6.71 Å². The third-order valence-electron chi connectivity index (χ3n) is 16.1. The molecule has 6 heteroatoms. The number of nitrogens with zero attached hydrogens (tertiary/aromatic N) is 5. The summed E-state index contributed by atoms with van der Waals surface area (Å²) < 4.78 is 10.2. The van der Waals surface area contributed by atoms with Gasteiger partial charge in [0.1, 0.15) is 0 Å². The topological polar surface area (TPSA) is 23.0 Å². The third-order valence-corrected chi connectivity index (χ3v) is 16.1. The molecule has 0 fully saturated rings. The SMILES string of the molecule is c1ccc(N2c3ccc(-n4c5ccccc5c5c6c(c7ccccc7n6-c6ccccc6)c6c(c7ccccc7n6-c6ccccc6)c54)cc3B3c4c2cccc4-n2c4ccccc4c4cccc3c42)cc1. The predicted molar refractivity (Wildman–Crippen MR) is 303 cm³/mol. The van der Waals surface area contributed by atoms with Crippen molar-refractivity contribution in [3.05, 3.63) is 243 Å². The Morgan fingerprint density at radius 2 is 0.681 bits per heavy atom. The van der Waals surface area contributed by atoms with Crippen LogP contribution < -0.4 is 21.3 Å². The van der Waals surface area contributed by atoms with E-state index in [1.165, 1.54) is 121 Å². The van der Waals surface area contributed by atoms with E-state index in [0.717, 1.165) is 22.7 Å². The fourth-order valence-electron chi connectivity index (χ4n) is 13.4. The van der Waals surface area contributed by atoms with Gasteiger partial charge >= 0.3 is 0 Å². The molecule has 0 saturated carbocycles. The average Bonchev–Trinajstić information content (AvgIpc) is 4.18. The number of hydrogen-bond donors (Lipinski definition) is 0. The second kappa shape index (κ2) is 14.1. The van der Waals surface area contributed by atoms with Crippen molar-refractivity contribution in [3.63, 3.8) is 0 Å². The number of aromatic nitrogens is 4. The summed E-state index contributed by atoms with van der Waals surface area (Å²) in [6.45, 7) is -0.0213. The van der Waals surface area contributed by atoms with Gasteiger partial charge in [0, 0.05) is 88.4 Å². The quantitative estimate of drug-likeness (QED) is 0.161. The summed E-state index contributed by atoms with van der Waals surface area (Å²) in [7, 11) is 0. The minimum Gasteiger partial charge on any atom is -0.311 e. The summed E-state index contributed by atoms with van der Waals surface area (Å²) in [5.41, 5.74) is 21.8. The highest BCUT2D eigenvalue weighted by Gasteiger charge is 2.42. The van der Waals surface area contributed by atoms with E-state index in [9.17, 15) is 0 Å². The molecule has 2 aliphatic heterocycles. The van der Waals surface area contributed by atoms with Crippen molar-refractivity contribution in [3.8, 4) is 22.7 Å². The number of rotatable bonds is 4. The molecule has 11 aromatic carbocycles. The van der Waals surface area contributed by atoms with Crippen LogP contribution in [0.5, 0.6) is 0 Å². The standard InChI is InChI=1S/C66H40BN5/c1-4-20-41(21-5-1)68-56-39-38-44(40-51(56)67-50-31-18-30-46-45-26-10-14-32-52(45)72(63(46)50)58-37-19-36-57(68)62(58)67)71-55-35-17-13-29-49(55)61-65-59(47-27-11-15-33-53(47)69(65)42-22-6-2-7-23-42)64-60(66(61)71)48-28-12-16-34-54(48)70(64)43-24-8-3-9-25-43/h1-40H. The predicted octanol–water partition coefficient (Wildman–Crippen LogP) is 14.7. The highest BCUT2D eigenvalue weighted by molar-refractivity contribution is 7.00. The second-order valence-corrected chi connectivity index (χ2v) is 19.6. The maximum atomic E-state index is 2.61. The van der Waals surface area contributed by atoms with Crippen molar-refractivity contribution in [2.24, 2.45) is 0 Å². The lowest BCUT2D eigenvalue weighted by atomic mass is 9.34. The number of anilines is 3. The highest BCUT2D eigenvalue weighted by Crippen LogP contribution is 2.51.